The van der Waals surface area contributed by atoms with E-state index in [-0.39, 0.29) is 55.3 Å². The lowest BCUT2D eigenvalue weighted by atomic mass is 9.70. The molecule has 0 bridgehead atoms. The van der Waals surface area contributed by atoms with Gasteiger partial charge in [0.25, 0.3) is 0 Å². The van der Waals surface area contributed by atoms with Gasteiger partial charge in [0, 0.05) is 17.1 Å². The standard InChI is InChI=1S/3C44H38N2O3/c3*47-42(45(39-29-17-6-18-30-39)31-34-19-7-1-8-20-34)41-40(33-49-32-35-21-9-2-10-22-35)46(43(41)48)44(36-23-11-3-12-24-36,37-25-13-4-14-26-37)38-27-15-5-16-28-38/h3*1-30,40-41H,31-33H2/t3*40-,41+/m000/s1. The van der Waals surface area contributed by atoms with Crippen molar-refractivity contribution in [3.63, 3.8) is 0 Å². The van der Waals surface area contributed by atoms with E-state index in [0.717, 1.165) is 101 Å². The summed E-state index contributed by atoms with van der Waals surface area (Å²) in [7, 11) is 0. The summed E-state index contributed by atoms with van der Waals surface area (Å²) in [6.07, 6.45) is 0. The molecule has 0 unspecified atom stereocenters. The molecule has 3 fully saturated rings. The Morgan fingerprint density at radius 1 is 0.190 bits per heavy atom. The Kier molecular flexibility index (Phi) is 31.6. The van der Waals surface area contributed by atoms with Gasteiger partial charge in [-0.3, -0.25) is 28.8 Å². The van der Waals surface area contributed by atoms with E-state index in [1.165, 1.54) is 0 Å². The molecule has 18 aromatic rings. The van der Waals surface area contributed by atoms with Gasteiger partial charge in [-0.25, -0.2) is 0 Å². The van der Waals surface area contributed by atoms with Crippen molar-refractivity contribution in [2.75, 3.05) is 34.5 Å². The van der Waals surface area contributed by atoms with Gasteiger partial charge in [0.15, 0.2) is 0 Å². The third-order valence-corrected chi connectivity index (χ3v) is 28.0. The maximum Gasteiger partial charge on any atom is 0.242 e. The van der Waals surface area contributed by atoms with Crippen molar-refractivity contribution < 1.29 is 43.0 Å². The van der Waals surface area contributed by atoms with Gasteiger partial charge in [-0.15, -0.1) is 0 Å². The van der Waals surface area contributed by atoms with Crippen molar-refractivity contribution in [2.45, 2.75) is 74.2 Å². The number of carbonyl (C=O) groups excluding carboxylic acids is 6. The highest BCUT2D eigenvalue weighted by atomic mass is 16.5. The minimum Gasteiger partial charge on any atom is -0.375 e. The molecule has 18 aromatic carbocycles. The number of benzene rings is 18. The van der Waals surface area contributed by atoms with E-state index in [2.05, 4.69) is 109 Å². The first-order valence-corrected chi connectivity index (χ1v) is 50.1. The van der Waals surface area contributed by atoms with Crippen LogP contribution in [-0.4, -0.2) is 88.1 Å². The van der Waals surface area contributed by atoms with E-state index >= 15 is 14.4 Å². The number of rotatable bonds is 36. The van der Waals surface area contributed by atoms with Crippen LogP contribution in [0.25, 0.3) is 0 Å². The Morgan fingerprint density at radius 3 is 0.483 bits per heavy atom. The maximum atomic E-state index is 15.0. The first-order valence-electron chi connectivity index (χ1n) is 50.1. The maximum absolute atomic E-state index is 15.0. The number of nitrogens with zero attached hydrogens (tertiary/aromatic N) is 6. The molecule has 147 heavy (non-hydrogen) atoms. The Morgan fingerprint density at radius 2 is 0.327 bits per heavy atom. The van der Waals surface area contributed by atoms with Gasteiger partial charge in [0.1, 0.15) is 34.4 Å². The monoisotopic (exact) mass is 1930 g/mol. The molecule has 15 nitrogen and oxygen atoms in total. The molecule has 0 radical (unpaired) electrons. The normalized spacial score (nSPS) is 15.8. The summed E-state index contributed by atoms with van der Waals surface area (Å²) in [5, 5.41) is 0. The zero-order chi connectivity index (χ0) is 100. The van der Waals surface area contributed by atoms with Crippen LogP contribution in [0.4, 0.5) is 17.1 Å². The number of hydrogen-bond donors (Lipinski definition) is 0. The summed E-state index contributed by atoms with van der Waals surface area (Å²) in [6.45, 7) is 2.65. The van der Waals surface area contributed by atoms with E-state index in [4.69, 9.17) is 14.2 Å². The van der Waals surface area contributed by atoms with Crippen LogP contribution in [0.5, 0.6) is 0 Å². The van der Waals surface area contributed by atoms with Gasteiger partial charge in [0.2, 0.25) is 35.4 Å². The fourth-order valence-corrected chi connectivity index (χ4v) is 21.2. The van der Waals surface area contributed by atoms with Crippen molar-refractivity contribution in [1.82, 2.24) is 14.7 Å². The van der Waals surface area contributed by atoms with Crippen LogP contribution in [0.2, 0.25) is 0 Å². The summed E-state index contributed by atoms with van der Waals surface area (Å²) < 4.78 is 19.3. The van der Waals surface area contributed by atoms with Gasteiger partial charge >= 0.3 is 0 Å². The minimum absolute atomic E-state index is 0.180. The van der Waals surface area contributed by atoms with Crippen molar-refractivity contribution >= 4 is 52.5 Å². The molecule has 0 aliphatic carbocycles. The summed E-state index contributed by atoms with van der Waals surface area (Å²) in [4.78, 5) is 101. The van der Waals surface area contributed by atoms with Crippen LogP contribution in [0, 0.1) is 17.8 Å². The lowest BCUT2D eigenvalue weighted by molar-refractivity contribution is -0.175. The molecule has 0 aromatic heterocycles. The number of hydrogen-bond acceptors (Lipinski definition) is 9. The molecule has 3 aliphatic heterocycles. The Bertz CT molecular complexity index is 6270. The first kappa shape index (κ1) is 98.4. The predicted octanol–water partition coefficient (Wildman–Crippen LogP) is 24.8. The summed E-state index contributed by atoms with van der Waals surface area (Å²) in [5.74, 6) is -4.27. The average molecular weight is 1930 g/mol. The van der Waals surface area contributed by atoms with Crippen LogP contribution >= 0.6 is 0 Å². The minimum atomic E-state index is -1.02. The highest BCUT2D eigenvalue weighted by Gasteiger charge is 2.65. The molecule has 0 N–H and O–H groups in total. The molecular weight excluding hydrogens is 1810 g/mol. The smallest absolute Gasteiger partial charge is 0.242 e. The highest BCUT2D eigenvalue weighted by Crippen LogP contribution is 2.54. The third kappa shape index (κ3) is 21.1. The van der Waals surface area contributed by atoms with Gasteiger partial charge in [-0.1, -0.05) is 510 Å². The number of anilines is 3. The molecular formula is C132H114N6O9. The Balaban J connectivity index is 0.000000139. The number of carbonyl (C=O) groups is 6. The SMILES string of the molecule is O=C([C@@H]1C(=O)N(C(c2ccccc2)(c2ccccc2)c2ccccc2)[C@H]1COCc1ccccc1)N(Cc1ccccc1)c1ccccc1.O=C([C@@H]1C(=O)N(C(c2ccccc2)(c2ccccc2)c2ccccc2)[C@H]1COCc1ccccc1)N(Cc1ccccc1)c1ccccc1.O=C([C@@H]1C(=O)N(C(c2ccccc2)(c2ccccc2)c2ccccc2)[C@H]1COCc1ccccc1)N(Cc1ccccc1)c1ccccc1. The van der Waals surface area contributed by atoms with Gasteiger partial charge in [0.05, 0.1) is 77.4 Å². The summed E-state index contributed by atoms with van der Waals surface area (Å²) in [5.41, 5.74) is 13.6. The topological polar surface area (TPSA) is 150 Å². The highest BCUT2D eigenvalue weighted by molar-refractivity contribution is 6.14. The lowest BCUT2D eigenvalue weighted by Crippen LogP contribution is -2.73. The molecule has 3 aliphatic rings. The number of ether oxygens (including phenoxy) is 3. The molecule has 6 atom stereocenters. The number of para-hydroxylation sites is 3. The van der Waals surface area contributed by atoms with Crippen molar-refractivity contribution in [3.05, 3.63) is 629 Å². The zero-order valence-corrected chi connectivity index (χ0v) is 81.6. The second-order valence-electron chi connectivity index (χ2n) is 36.9. The predicted molar refractivity (Wildman–Crippen MR) is 581 cm³/mol. The number of likely N-dealkylation sites (tertiary alicyclic amines) is 3. The zero-order valence-electron chi connectivity index (χ0n) is 81.6. The van der Waals surface area contributed by atoms with Crippen molar-refractivity contribution in [3.8, 4) is 0 Å². The molecule has 15 heteroatoms. The Labute approximate surface area is 860 Å². The van der Waals surface area contributed by atoms with Crippen LogP contribution in [0.1, 0.15) is 83.5 Å². The molecule has 3 heterocycles. The quantitative estimate of drug-likeness (QED) is 0.0212. The van der Waals surface area contributed by atoms with Crippen molar-refractivity contribution in [1.29, 1.82) is 0 Å². The fraction of sp³-hybridized carbons (Fsp3) is 0.136. The first-order chi connectivity index (χ1) is 72.5. The molecule has 726 valence electrons. The Hall–Kier alpha value is -17.3. The molecule has 3 saturated heterocycles. The molecule has 21 rings (SSSR count). The molecule has 6 amide bonds. The van der Waals surface area contributed by atoms with Gasteiger partial charge in [-0.2, -0.15) is 0 Å². The van der Waals surface area contributed by atoms with E-state index < -0.39 is 52.5 Å². The molecule has 0 spiro atoms. The van der Waals surface area contributed by atoms with Crippen LogP contribution in [0.15, 0.2) is 546 Å². The summed E-state index contributed by atoms with van der Waals surface area (Å²) >= 11 is 0. The fourth-order valence-electron chi connectivity index (χ4n) is 21.2. The lowest BCUT2D eigenvalue weighted by Gasteiger charge is -2.57. The molecule has 0 saturated carbocycles. The van der Waals surface area contributed by atoms with Crippen LogP contribution < -0.4 is 14.7 Å². The number of β-lactam (4-membered cyclic amide) rings is 3. The second-order valence-corrected chi connectivity index (χ2v) is 36.9. The van der Waals surface area contributed by atoms with Gasteiger partial charge < -0.3 is 43.6 Å². The van der Waals surface area contributed by atoms with Crippen LogP contribution in [0.3, 0.4) is 0 Å². The van der Waals surface area contributed by atoms with Gasteiger partial charge in [-0.05, 0) is 120 Å². The largest absolute Gasteiger partial charge is 0.375 e. The van der Waals surface area contributed by atoms with Crippen molar-refractivity contribution in [2.24, 2.45) is 17.8 Å². The average Bonchev–Trinajstić information content (AvgIpc) is 0.702. The van der Waals surface area contributed by atoms with E-state index in [1.54, 1.807) is 14.7 Å². The van der Waals surface area contributed by atoms with E-state index in [0.29, 0.717) is 39.5 Å². The number of amides is 6. The van der Waals surface area contributed by atoms with E-state index in [1.807, 2.05) is 451 Å². The second kappa shape index (κ2) is 47.2. The third-order valence-electron chi connectivity index (χ3n) is 28.0. The van der Waals surface area contributed by atoms with Crippen LogP contribution in [-0.2, 0) is 99.0 Å². The van der Waals surface area contributed by atoms with E-state index in [9.17, 15) is 14.4 Å². The summed E-state index contributed by atoms with van der Waals surface area (Å²) in [6, 6.07) is 178.